The monoisotopic (exact) mass is 339 g/mol. The Hall–Kier alpha value is -2.24. The number of fused-ring (bicyclic) bond motifs is 2. The minimum absolute atomic E-state index is 0.0148. The van der Waals surface area contributed by atoms with Crippen molar-refractivity contribution in [2.75, 3.05) is 0 Å². The number of tetrazole rings is 1. The van der Waals surface area contributed by atoms with Crippen LogP contribution in [0.5, 0.6) is 0 Å². The van der Waals surface area contributed by atoms with E-state index in [2.05, 4.69) is 41.6 Å². The lowest BCUT2D eigenvalue weighted by atomic mass is 9.69. The van der Waals surface area contributed by atoms with Crippen LogP contribution in [0.1, 0.15) is 56.0 Å². The first-order valence-corrected chi connectivity index (χ1v) is 8.98. The molecule has 132 valence electrons. The Balaban J connectivity index is 1.54. The van der Waals surface area contributed by atoms with Gasteiger partial charge in [-0.15, -0.1) is 5.10 Å². The first-order chi connectivity index (χ1) is 11.8. The highest BCUT2D eigenvalue weighted by atomic mass is 16.1. The smallest absolute Gasteiger partial charge is 0.251 e. The molecule has 1 heterocycles. The average molecular weight is 339 g/mol. The number of nitrogens with zero attached hydrogens (tertiary/aromatic N) is 4. The summed E-state index contributed by atoms with van der Waals surface area (Å²) in [6, 6.07) is 5.91. The number of benzene rings is 1. The molecule has 1 N–H and O–H groups in total. The van der Waals surface area contributed by atoms with E-state index >= 15 is 0 Å². The van der Waals surface area contributed by atoms with Crippen LogP contribution in [0.3, 0.4) is 0 Å². The number of carbonyl (C=O) groups is 1. The van der Waals surface area contributed by atoms with Crippen molar-refractivity contribution in [1.82, 2.24) is 25.5 Å². The van der Waals surface area contributed by atoms with Gasteiger partial charge < -0.3 is 5.32 Å². The Bertz CT molecular complexity index is 813. The molecule has 2 fully saturated rings. The van der Waals surface area contributed by atoms with Crippen LogP contribution in [-0.4, -0.2) is 32.2 Å². The molecular formula is C19H25N5O. The van der Waals surface area contributed by atoms with Crippen molar-refractivity contribution >= 4 is 5.91 Å². The van der Waals surface area contributed by atoms with Gasteiger partial charge in [0.2, 0.25) is 0 Å². The molecule has 1 aromatic heterocycles. The van der Waals surface area contributed by atoms with Gasteiger partial charge >= 0.3 is 0 Å². The summed E-state index contributed by atoms with van der Waals surface area (Å²) in [5.41, 5.74) is 3.03. The SMILES string of the molecule is Cc1cc(C(=O)NC2CC3CCC2(C)C3(C)C)ccc1-n1cnnn1. The molecule has 2 aromatic rings. The lowest BCUT2D eigenvalue weighted by Gasteiger charge is -2.39. The molecule has 6 nitrogen and oxygen atoms in total. The molecule has 0 spiro atoms. The summed E-state index contributed by atoms with van der Waals surface area (Å²) in [5, 5.41) is 14.6. The Kier molecular flexibility index (Phi) is 3.49. The summed E-state index contributed by atoms with van der Waals surface area (Å²) in [5.74, 6) is 0.729. The maximum absolute atomic E-state index is 12.8. The molecule has 3 unspecified atom stereocenters. The molecule has 2 aliphatic carbocycles. The second kappa shape index (κ2) is 5.38. The van der Waals surface area contributed by atoms with E-state index in [0.717, 1.165) is 17.7 Å². The Morgan fingerprint density at radius 1 is 1.32 bits per heavy atom. The van der Waals surface area contributed by atoms with Gasteiger partial charge in [0.25, 0.3) is 5.91 Å². The second-order valence-electron chi connectivity index (χ2n) is 8.39. The number of aryl methyl sites for hydroxylation is 1. The lowest BCUT2D eigenvalue weighted by molar-refractivity contribution is 0.0826. The molecular weight excluding hydrogens is 314 g/mol. The predicted molar refractivity (Wildman–Crippen MR) is 94.4 cm³/mol. The van der Waals surface area contributed by atoms with Gasteiger partial charge in [0.1, 0.15) is 6.33 Å². The minimum atomic E-state index is 0.0148. The van der Waals surface area contributed by atoms with E-state index in [1.807, 2.05) is 25.1 Å². The first kappa shape index (κ1) is 16.2. The molecule has 6 heteroatoms. The Morgan fingerprint density at radius 2 is 2.12 bits per heavy atom. The lowest BCUT2D eigenvalue weighted by Crippen LogP contribution is -2.46. The molecule has 0 saturated heterocycles. The third kappa shape index (κ3) is 2.30. The van der Waals surface area contributed by atoms with Gasteiger partial charge in [-0.25, -0.2) is 4.68 Å². The Morgan fingerprint density at radius 3 is 2.68 bits per heavy atom. The van der Waals surface area contributed by atoms with Crippen LogP contribution < -0.4 is 5.32 Å². The summed E-state index contributed by atoms with van der Waals surface area (Å²) >= 11 is 0. The van der Waals surface area contributed by atoms with Crippen molar-refractivity contribution in [3.8, 4) is 5.69 Å². The van der Waals surface area contributed by atoms with Gasteiger partial charge in [-0.3, -0.25) is 4.79 Å². The van der Waals surface area contributed by atoms with Crippen LogP contribution in [0, 0.1) is 23.7 Å². The van der Waals surface area contributed by atoms with Crippen molar-refractivity contribution in [2.24, 2.45) is 16.7 Å². The van der Waals surface area contributed by atoms with E-state index in [4.69, 9.17) is 0 Å². The fraction of sp³-hybridized carbons (Fsp3) is 0.579. The van der Waals surface area contributed by atoms with Crippen LogP contribution >= 0.6 is 0 Å². The summed E-state index contributed by atoms with van der Waals surface area (Å²) in [6.07, 6.45) is 5.14. The summed E-state index contributed by atoms with van der Waals surface area (Å²) in [7, 11) is 0. The molecule has 1 aromatic carbocycles. The predicted octanol–water partition coefficient (Wildman–Crippen LogP) is 2.92. The van der Waals surface area contributed by atoms with E-state index in [0.29, 0.717) is 16.9 Å². The van der Waals surface area contributed by atoms with E-state index in [1.165, 1.54) is 12.8 Å². The topological polar surface area (TPSA) is 72.7 Å². The highest BCUT2D eigenvalue weighted by Gasteiger charge is 2.61. The van der Waals surface area contributed by atoms with Crippen LogP contribution in [-0.2, 0) is 0 Å². The molecule has 0 radical (unpaired) electrons. The summed E-state index contributed by atoms with van der Waals surface area (Å²) in [6.45, 7) is 9.04. The summed E-state index contributed by atoms with van der Waals surface area (Å²) in [4.78, 5) is 12.8. The van der Waals surface area contributed by atoms with E-state index in [-0.39, 0.29) is 17.4 Å². The largest absolute Gasteiger partial charge is 0.349 e. The van der Waals surface area contributed by atoms with E-state index in [1.54, 1.807) is 11.0 Å². The molecule has 0 aliphatic heterocycles. The van der Waals surface area contributed by atoms with Gasteiger partial charge in [-0.2, -0.15) is 0 Å². The third-order valence-corrected chi connectivity index (χ3v) is 7.15. The standard InChI is InChI=1S/C19H25N5O/c1-12-9-13(5-6-15(12)24-11-20-22-23-24)17(25)21-16-10-14-7-8-19(16,4)18(14,2)3/h5-6,9,11,14,16H,7-8,10H2,1-4H3,(H,21,25). The molecule has 2 bridgehead atoms. The number of hydrogen-bond donors (Lipinski definition) is 1. The normalized spacial score (nSPS) is 29.8. The van der Waals surface area contributed by atoms with Crippen LogP contribution in [0.15, 0.2) is 24.5 Å². The summed E-state index contributed by atoms with van der Waals surface area (Å²) < 4.78 is 1.61. The highest BCUT2D eigenvalue weighted by Crippen LogP contribution is 2.65. The number of aromatic nitrogens is 4. The zero-order valence-electron chi connectivity index (χ0n) is 15.3. The molecule has 2 aliphatic rings. The van der Waals surface area contributed by atoms with Gasteiger partial charge in [0, 0.05) is 11.6 Å². The molecule has 2 saturated carbocycles. The van der Waals surface area contributed by atoms with Crippen LogP contribution in [0.25, 0.3) is 5.69 Å². The molecule has 4 rings (SSSR count). The average Bonchev–Trinajstić information content (AvgIpc) is 3.21. The number of hydrogen-bond acceptors (Lipinski definition) is 4. The number of nitrogens with one attached hydrogen (secondary N) is 1. The minimum Gasteiger partial charge on any atom is -0.349 e. The number of amides is 1. The Labute approximate surface area is 148 Å². The number of carbonyl (C=O) groups excluding carboxylic acids is 1. The quantitative estimate of drug-likeness (QED) is 0.933. The van der Waals surface area contributed by atoms with Crippen LogP contribution in [0.4, 0.5) is 0 Å². The van der Waals surface area contributed by atoms with Crippen LogP contribution in [0.2, 0.25) is 0 Å². The molecule has 3 atom stereocenters. The fourth-order valence-corrected chi connectivity index (χ4v) is 4.99. The van der Waals surface area contributed by atoms with Gasteiger partial charge in [0.15, 0.2) is 0 Å². The van der Waals surface area contributed by atoms with Crippen molar-refractivity contribution in [3.05, 3.63) is 35.7 Å². The zero-order valence-corrected chi connectivity index (χ0v) is 15.3. The zero-order chi connectivity index (χ0) is 17.8. The van der Waals surface area contributed by atoms with Gasteiger partial charge in [-0.05, 0) is 77.1 Å². The van der Waals surface area contributed by atoms with Crippen molar-refractivity contribution in [1.29, 1.82) is 0 Å². The third-order valence-electron chi connectivity index (χ3n) is 7.15. The molecule has 25 heavy (non-hydrogen) atoms. The fourth-order valence-electron chi connectivity index (χ4n) is 4.99. The maximum Gasteiger partial charge on any atom is 0.251 e. The first-order valence-electron chi connectivity index (χ1n) is 8.98. The van der Waals surface area contributed by atoms with Gasteiger partial charge in [0.05, 0.1) is 5.69 Å². The van der Waals surface area contributed by atoms with Crippen molar-refractivity contribution in [3.63, 3.8) is 0 Å². The van der Waals surface area contributed by atoms with Crippen molar-refractivity contribution < 1.29 is 4.79 Å². The van der Waals surface area contributed by atoms with E-state index in [9.17, 15) is 4.79 Å². The second-order valence-corrected chi connectivity index (χ2v) is 8.39. The van der Waals surface area contributed by atoms with Gasteiger partial charge in [-0.1, -0.05) is 20.8 Å². The maximum atomic E-state index is 12.8. The highest BCUT2D eigenvalue weighted by molar-refractivity contribution is 5.95. The number of rotatable bonds is 3. The van der Waals surface area contributed by atoms with Crippen molar-refractivity contribution in [2.45, 2.75) is 53.0 Å². The van der Waals surface area contributed by atoms with E-state index < -0.39 is 0 Å². The molecule has 1 amide bonds.